The maximum absolute atomic E-state index is 10.3. The van der Waals surface area contributed by atoms with Gasteiger partial charge in [0.2, 0.25) is 6.08 Å². The fraction of sp³-hybridized carbons (Fsp3) is 0. The lowest BCUT2D eigenvalue weighted by Crippen LogP contribution is -1.74. The van der Waals surface area contributed by atoms with Gasteiger partial charge in [-0.1, -0.05) is 23.4 Å². The van der Waals surface area contributed by atoms with Crippen LogP contribution >= 0.6 is 34.7 Å². The number of thiophene rings is 1. The van der Waals surface area contributed by atoms with Crippen molar-refractivity contribution in [2.75, 3.05) is 0 Å². The van der Waals surface area contributed by atoms with Crippen LogP contribution in [-0.2, 0) is 4.79 Å². The van der Waals surface area contributed by atoms with Crippen molar-refractivity contribution in [2.45, 2.75) is 9.79 Å². The Balaban J connectivity index is 2.36. The second-order valence-electron chi connectivity index (χ2n) is 2.88. The molecule has 0 aliphatic rings. The summed E-state index contributed by atoms with van der Waals surface area (Å²) in [5, 5.41) is 4.60. The van der Waals surface area contributed by atoms with Crippen molar-refractivity contribution in [3.05, 3.63) is 40.0 Å². The van der Waals surface area contributed by atoms with Crippen molar-refractivity contribution in [1.82, 2.24) is 0 Å². The normalized spacial score (nSPS) is 9.81. The molecule has 0 bridgehead atoms. The number of hydrogen-bond donors (Lipinski definition) is 0. The van der Waals surface area contributed by atoms with Gasteiger partial charge in [-0.3, -0.25) is 0 Å². The molecule has 1 heterocycles. The van der Waals surface area contributed by atoms with Crippen molar-refractivity contribution in [3.8, 4) is 0 Å². The summed E-state index contributed by atoms with van der Waals surface area (Å²) >= 11 is 9.01. The van der Waals surface area contributed by atoms with E-state index >= 15 is 0 Å². The predicted molar refractivity (Wildman–Crippen MR) is 67.7 cm³/mol. The number of nitrogens with zero attached hydrogens (tertiary/aromatic N) is 1. The van der Waals surface area contributed by atoms with Crippen LogP contribution in [-0.4, -0.2) is 6.08 Å². The molecule has 0 saturated carbocycles. The van der Waals surface area contributed by atoms with Gasteiger partial charge in [0.1, 0.15) is 0 Å². The van der Waals surface area contributed by atoms with Crippen LogP contribution in [0.15, 0.2) is 49.8 Å². The van der Waals surface area contributed by atoms with Crippen LogP contribution in [0.1, 0.15) is 0 Å². The van der Waals surface area contributed by atoms with Crippen molar-refractivity contribution in [3.63, 3.8) is 0 Å². The minimum absolute atomic E-state index is 0.554. The summed E-state index contributed by atoms with van der Waals surface area (Å²) in [6.07, 6.45) is 1.54. The summed E-state index contributed by atoms with van der Waals surface area (Å²) in [4.78, 5) is 16.0. The van der Waals surface area contributed by atoms with Gasteiger partial charge >= 0.3 is 0 Å². The molecule has 0 aliphatic carbocycles. The van der Waals surface area contributed by atoms with Crippen LogP contribution < -0.4 is 0 Å². The molecular weight excluding hydrogens is 262 g/mol. The third kappa shape index (κ3) is 2.74. The zero-order valence-electron chi connectivity index (χ0n) is 8.01. The van der Waals surface area contributed by atoms with Gasteiger partial charge in [0.05, 0.1) is 5.69 Å². The van der Waals surface area contributed by atoms with E-state index < -0.39 is 0 Å². The van der Waals surface area contributed by atoms with Crippen LogP contribution in [0, 0.1) is 0 Å². The molecule has 0 spiro atoms. The molecule has 1 aromatic heterocycles. The van der Waals surface area contributed by atoms with E-state index in [0.717, 1.165) is 9.79 Å². The summed E-state index contributed by atoms with van der Waals surface area (Å²) in [6, 6.07) is 7.29. The molecule has 80 valence electrons. The Labute approximate surface area is 106 Å². The van der Waals surface area contributed by atoms with E-state index in [4.69, 9.17) is 11.6 Å². The largest absolute Gasteiger partial charge is 0.240 e. The molecule has 0 N–H and O–H groups in total. The van der Waals surface area contributed by atoms with E-state index in [1.54, 1.807) is 35.2 Å². The van der Waals surface area contributed by atoms with E-state index in [-0.39, 0.29) is 0 Å². The number of hydrogen-bond acceptors (Lipinski definition) is 4. The minimum atomic E-state index is 0.554. The molecule has 2 aromatic rings. The molecule has 0 atom stereocenters. The smallest absolute Gasteiger partial charge is 0.211 e. The van der Waals surface area contributed by atoms with Gasteiger partial charge in [-0.25, -0.2) is 4.79 Å². The van der Waals surface area contributed by atoms with E-state index in [9.17, 15) is 4.79 Å². The third-order valence-electron chi connectivity index (χ3n) is 1.81. The summed E-state index contributed by atoms with van der Waals surface area (Å²) in [6.45, 7) is 0. The monoisotopic (exact) mass is 267 g/mol. The lowest BCUT2D eigenvalue weighted by atomic mass is 10.3. The molecule has 2 nitrogen and oxygen atoms in total. The highest BCUT2D eigenvalue weighted by Gasteiger charge is 2.05. The number of carbonyl (C=O) groups excluding carboxylic acids is 1. The van der Waals surface area contributed by atoms with E-state index in [1.807, 2.05) is 22.9 Å². The quantitative estimate of drug-likeness (QED) is 0.604. The third-order valence-corrected chi connectivity index (χ3v) is 3.93. The second-order valence-corrected chi connectivity index (χ2v) is 5.21. The fourth-order valence-electron chi connectivity index (χ4n) is 1.15. The molecule has 0 saturated heterocycles. The summed E-state index contributed by atoms with van der Waals surface area (Å²) < 4.78 is 0. The fourth-order valence-corrected chi connectivity index (χ4v) is 3.01. The molecule has 0 fully saturated rings. The number of aliphatic imine (C=N–C) groups is 1. The number of benzene rings is 1. The number of isocyanates is 1. The maximum Gasteiger partial charge on any atom is 0.240 e. The Kier molecular flexibility index (Phi) is 3.80. The molecule has 5 heteroatoms. The van der Waals surface area contributed by atoms with Gasteiger partial charge < -0.3 is 0 Å². The first-order chi connectivity index (χ1) is 7.79. The minimum Gasteiger partial charge on any atom is -0.211 e. The average Bonchev–Trinajstić information content (AvgIpc) is 2.75. The summed E-state index contributed by atoms with van der Waals surface area (Å²) in [5.41, 5.74) is 0.554. The van der Waals surface area contributed by atoms with Gasteiger partial charge in [-0.2, -0.15) is 16.3 Å². The molecule has 1 aromatic carbocycles. The topological polar surface area (TPSA) is 29.4 Å². The van der Waals surface area contributed by atoms with Crippen LogP contribution in [0.5, 0.6) is 0 Å². The molecule has 16 heavy (non-hydrogen) atoms. The van der Waals surface area contributed by atoms with Crippen LogP contribution in [0.25, 0.3) is 0 Å². The van der Waals surface area contributed by atoms with Crippen LogP contribution in [0.4, 0.5) is 5.69 Å². The Morgan fingerprint density at radius 1 is 1.38 bits per heavy atom. The second kappa shape index (κ2) is 5.32. The molecule has 0 amide bonds. The Bertz CT molecular complexity index is 533. The molecule has 2 rings (SSSR count). The highest BCUT2D eigenvalue weighted by atomic mass is 35.5. The highest BCUT2D eigenvalue weighted by molar-refractivity contribution is 7.99. The first kappa shape index (κ1) is 11.4. The molecule has 0 radical (unpaired) electrons. The van der Waals surface area contributed by atoms with Crippen molar-refractivity contribution < 1.29 is 4.79 Å². The summed E-state index contributed by atoms with van der Waals surface area (Å²) in [5.74, 6) is 0. The highest BCUT2D eigenvalue weighted by Crippen LogP contribution is 2.37. The first-order valence-electron chi connectivity index (χ1n) is 4.37. The van der Waals surface area contributed by atoms with Crippen molar-refractivity contribution >= 4 is 46.5 Å². The van der Waals surface area contributed by atoms with E-state index in [2.05, 4.69) is 4.99 Å². The number of halogens is 1. The van der Waals surface area contributed by atoms with Gasteiger partial charge in [-0.05, 0) is 29.6 Å². The lowest BCUT2D eigenvalue weighted by molar-refractivity contribution is 0.565. The predicted octanol–water partition coefficient (Wildman–Crippen LogP) is 4.52. The van der Waals surface area contributed by atoms with Gasteiger partial charge in [-0.15, -0.1) is 0 Å². The number of rotatable bonds is 3. The van der Waals surface area contributed by atoms with Gasteiger partial charge in [0, 0.05) is 20.2 Å². The molecule has 0 aliphatic heterocycles. The zero-order chi connectivity index (χ0) is 11.4. The van der Waals surface area contributed by atoms with Crippen LogP contribution in [0.2, 0.25) is 5.02 Å². The Hall–Kier alpha value is -1.06. The van der Waals surface area contributed by atoms with Crippen LogP contribution in [0.3, 0.4) is 0 Å². The Morgan fingerprint density at radius 2 is 2.25 bits per heavy atom. The standard InChI is InChI=1S/C11H6ClNOS2/c12-8-1-2-11(10(5-8)13-7-14)16-9-3-4-15-6-9/h1-6H. The van der Waals surface area contributed by atoms with Gasteiger partial charge in [0.25, 0.3) is 0 Å². The maximum atomic E-state index is 10.3. The average molecular weight is 268 g/mol. The van der Waals surface area contributed by atoms with Crippen molar-refractivity contribution in [1.29, 1.82) is 0 Å². The summed E-state index contributed by atoms with van der Waals surface area (Å²) in [7, 11) is 0. The lowest BCUT2D eigenvalue weighted by Gasteiger charge is -2.02. The van der Waals surface area contributed by atoms with E-state index in [1.165, 1.54) is 6.08 Å². The SMILES string of the molecule is O=C=Nc1cc(Cl)ccc1Sc1ccsc1. The van der Waals surface area contributed by atoms with E-state index in [0.29, 0.717) is 10.7 Å². The van der Waals surface area contributed by atoms with Crippen molar-refractivity contribution in [2.24, 2.45) is 4.99 Å². The van der Waals surface area contributed by atoms with Gasteiger partial charge in [0.15, 0.2) is 0 Å². The molecule has 0 unspecified atom stereocenters. The first-order valence-corrected chi connectivity index (χ1v) is 6.51. The zero-order valence-corrected chi connectivity index (χ0v) is 10.4. The molecular formula is C11H6ClNOS2. The Morgan fingerprint density at radius 3 is 2.94 bits per heavy atom.